The molecule has 4 nitrogen and oxygen atoms in total. The molecule has 0 aliphatic heterocycles. The molecule has 1 unspecified atom stereocenters. The monoisotopic (exact) mass is 297 g/mol. The van der Waals surface area contributed by atoms with Crippen molar-refractivity contribution in [1.82, 2.24) is 9.97 Å². The van der Waals surface area contributed by atoms with Crippen molar-refractivity contribution >= 4 is 22.3 Å². The molecule has 2 N–H and O–H groups in total. The first kappa shape index (κ1) is 13.7. The normalized spacial score (nSPS) is 12.1. The molecular weight excluding hydrogens is 282 g/mol. The SMILES string of the molecule is Cc1csc(Nc2cc(C(O)c3ccccc3)ccn2)n1. The number of rotatable bonds is 4. The molecule has 0 aliphatic rings. The average Bonchev–Trinajstić information content (AvgIpc) is 2.93. The van der Waals surface area contributed by atoms with Crippen LogP contribution in [0.25, 0.3) is 0 Å². The van der Waals surface area contributed by atoms with Gasteiger partial charge in [0.1, 0.15) is 11.9 Å². The summed E-state index contributed by atoms with van der Waals surface area (Å²) in [5.74, 6) is 0.678. The van der Waals surface area contributed by atoms with Gasteiger partial charge in [-0.05, 0) is 30.2 Å². The number of pyridine rings is 1. The van der Waals surface area contributed by atoms with Crippen molar-refractivity contribution in [2.24, 2.45) is 0 Å². The summed E-state index contributed by atoms with van der Waals surface area (Å²) in [5.41, 5.74) is 2.63. The van der Waals surface area contributed by atoms with Crippen LogP contribution in [0.15, 0.2) is 54.0 Å². The lowest BCUT2D eigenvalue weighted by Crippen LogP contribution is -2.01. The standard InChI is InChI=1S/C16H15N3OS/c1-11-10-21-16(18-11)19-14-9-13(7-8-17-14)15(20)12-5-3-2-4-6-12/h2-10,15,20H,1H3,(H,17,18,19). The molecule has 0 amide bonds. The molecular formula is C16H15N3OS. The second kappa shape index (κ2) is 6.03. The molecule has 2 aromatic heterocycles. The van der Waals surface area contributed by atoms with Crippen LogP contribution in [-0.4, -0.2) is 15.1 Å². The van der Waals surface area contributed by atoms with Gasteiger partial charge in [-0.1, -0.05) is 30.3 Å². The summed E-state index contributed by atoms with van der Waals surface area (Å²) >= 11 is 1.53. The fourth-order valence-corrected chi connectivity index (χ4v) is 2.73. The molecule has 0 saturated heterocycles. The van der Waals surface area contributed by atoms with Crippen molar-refractivity contribution in [3.8, 4) is 0 Å². The maximum Gasteiger partial charge on any atom is 0.188 e. The number of aryl methyl sites for hydroxylation is 1. The van der Waals surface area contributed by atoms with Crippen LogP contribution < -0.4 is 5.32 Å². The number of hydrogen-bond acceptors (Lipinski definition) is 5. The predicted molar refractivity (Wildman–Crippen MR) is 84.9 cm³/mol. The van der Waals surface area contributed by atoms with Crippen LogP contribution in [0.3, 0.4) is 0 Å². The number of anilines is 2. The molecule has 0 saturated carbocycles. The van der Waals surface area contributed by atoms with E-state index in [4.69, 9.17) is 0 Å². The third kappa shape index (κ3) is 3.26. The highest BCUT2D eigenvalue weighted by molar-refractivity contribution is 7.13. The summed E-state index contributed by atoms with van der Waals surface area (Å²) in [6.45, 7) is 1.95. The molecule has 3 aromatic rings. The van der Waals surface area contributed by atoms with E-state index in [1.165, 1.54) is 11.3 Å². The van der Waals surface area contributed by atoms with Gasteiger partial charge in [0.15, 0.2) is 5.13 Å². The van der Waals surface area contributed by atoms with E-state index in [-0.39, 0.29) is 0 Å². The molecule has 2 heterocycles. The summed E-state index contributed by atoms with van der Waals surface area (Å²) in [4.78, 5) is 8.61. The third-order valence-corrected chi connectivity index (χ3v) is 3.94. The minimum absolute atomic E-state index is 0.659. The Morgan fingerprint density at radius 3 is 2.67 bits per heavy atom. The van der Waals surface area contributed by atoms with Gasteiger partial charge in [0, 0.05) is 11.6 Å². The topological polar surface area (TPSA) is 58.0 Å². The minimum Gasteiger partial charge on any atom is -0.384 e. The number of nitrogens with one attached hydrogen (secondary N) is 1. The van der Waals surface area contributed by atoms with Crippen LogP contribution in [0.5, 0.6) is 0 Å². The second-order valence-corrected chi connectivity index (χ2v) is 5.56. The van der Waals surface area contributed by atoms with Crippen LogP contribution >= 0.6 is 11.3 Å². The van der Waals surface area contributed by atoms with Crippen molar-refractivity contribution in [3.63, 3.8) is 0 Å². The number of aliphatic hydroxyl groups excluding tert-OH is 1. The molecule has 0 aliphatic carbocycles. The van der Waals surface area contributed by atoms with E-state index in [1.54, 1.807) is 6.20 Å². The van der Waals surface area contributed by atoms with Crippen molar-refractivity contribution < 1.29 is 5.11 Å². The van der Waals surface area contributed by atoms with Gasteiger partial charge in [-0.2, -0.15) is 0 Å². The Labute approximate surface area is 127 Å². The Morgan fingerprint density at radius 2 is 1.95 bits per heavy atom. The molecule has 21 heavy (non-hydrogen) atoms. The van der Waals surface area contributed by atoms with Crippen LogP contribution in [0.4, 0.5) is 10.9 Å². The summed E-state index contributed by atoms with van der Waals surface area (Å²) in [7, 11) is 0. The fourth-order valence-electron chi connectivity index (χ4n) is 2.03. The predicted octanol–water partition coefficient (Wildman–Crippen LogP) is 3.67. The lowest BCUT2D eigenvalue weighted by Gasteiger charge is -2.12. The van der Waals surface area contributed by atoms with E-state index >= 15 is 0 Å². The summed E-state index contributed by atoms with van der Waals surface area (Å²) in [6, 6.07) is 13.2. The molecule has 106 valence electrons. The lowest BCUT2D eigenvalue weighted by molar-refractivity contribution is 0.220. The Balaban J connectivity index is 1.83. The van der Waals surface area contributed by atoms with Crippen LogP contribution in [-0.2, 0) is 0 Å². The molecule has 3 rings (SSSR count). The zero-order valence-corrected chi connectivity index (χ0v) is 12.3. The highest BCUT2D eigenvalue weighted by atomic mass is 32.1. The van der Waals surface area contributed by atoms with E-state index in [2.05, 4.69) is 15.3 Å². The first-order chi connectivity index (χ1) is 10.2. The van der Waals surface area contributed by atoms with Gasteiger partial charge in [0.25, 0.3) is 0 Å². The molecule has 1 atom stereocenters. The molecule has 0 spiro atoms. The quantitative estimate of drug-likeness (QED) is 0.771. The maximum absolute atomic E-state index is 10.4. The summed E-state index contributed by atoms with van der Waals surface area (Å²) < 4.78 is 0. The van der Waals surface area contributed by atoms with Gasteiger partial charge in [-0.15, -0.1) is 11.3 Å². The highest BCUT2D eigenvalue weighted by Gasteiger charge is 2.11. The summed E-state index contributed by atoms with van der Waals surface area (Å²) in [5, 5.41) is 16.3. The van der Waals surface area contributed by atoms with Crippen LogP contribution in [0.1, 0.15) is 22.9 Å². The number of hydrogen-bond donors (Lipinski definition) is 2. The van der Waals surface area contributed by atoms with Gasteiger partial charge >= 0.3 is 0 Å². The van der Waals surface area contributed by atoms with E-state index in [0.717, 1.165) is 22.0 Å². The molecule has 0 bridgehead atoms. The smallest absolute Gasteiger partial charge is 0.188 e. The van der Waals surface area contributed by atoms with E-state index in [9.17, 15) is 5.11 Å². The van der Waals surface area contributed by atoms with Crippen molar-refractivity contribution in [2.75, 3.05) is 5.32 Å². The van der Waals surface area contributed by atoms with Crippen molar-refractivity contribution in [3.05, 3.63) is 70.9 Å². The average molecular weight is 297 g/mol. The van der Waals surface area contributed by atoms with Gasteiger partial charge in [-0.3, -0.25) is 0 Å². The zero-order valence-electron chi connectivity index (χ0n) is 11.5. The lowest BCUT2D eigenvalue weighted by atomic mass is 10.0. The second-order valence-electron chi connectivity index (χ2n) is 4.71. The molecule has 5 heteroatoms. The van der Waals surface area contributed by atoms with Crippen molar-refractivity contribution in [2.45, 2.75) is 13.0 Å². The fraction of sp³-hybridized carbons (Fsp3) is 0.125. The Morgan fingerprint density at radius 1 is 1.14 bits per heavy atom. The van der Waals surface area contributed by atoms with Gasteiger partial charge < -0.3 is 10.4 Å². The number of nitrogens with zero attached hydrogens (tertiary/aromatic N) is 2. The minimum atomic E-state index is -0.659. The highest BCUT2D eigenvalue weighted by Crippen LogP contribution is 2.25. The number of thiazole rings is 1. The largest absolute Gasteiger partial charge is 0.384 e. The van der Waals surface area contributed by atoms with E-state index in [1.807, 2.05) is 54.8 Å². The van der Waals surface area contributed by atoms with Gasteiger partial charge in [0.05, 0.1) is 5.69 Å². The van der Waals surface area contributed by atoms with E-state index < -0.39 is 6.10 Å². The van der Waals surface area contributed by atoms with Crippen molar-refractivity contribution in [1.29, 1.82) is 0 Å². The molecule has 0 radical (unpaired) electrons. The zero-order chi connectivity index (χ0) is 14.7. The Bertz CT molecular complexity index is 727. The van der Waals surface area contributed by atoms with Gasteiger partial charge in [0.2, 0.25) is 0 Å². The number of aliphatic hydroxyl groups is 1. The molecule has 1 aromatic carbocycles. The van der Waals surface area contributed by atoms with E-state index in [0.29, 0.717) is 5.82 Å². The first-order valence-electron chi connectivity index (χ1n) is 6.60. The Kier molecular flexibility index (Phi) is 3.94. The molecule has 0 fully saturated rings. The number of aromatic nitrogens is 2. The maximum atomic E-state index is 10.4. The van der Waals surface area contributed by atoms with Gasteiger partial charge in [-0.25, -0.2) is 9.97 Å². The first-order valence-corrected chi connectivity index (χ1v) is 7.48. The van der Waals surface area contributed by atoms with Crippen LogP contribution in [0.2, 0.25) is 0 Å². The third-order valence-electron chi connectivity index (χ3n) is 3.07. The van der Waals surface area contributed by atoms with Crippen LogP contribution in [0, 0.1) is 6.92 Å². The summed E-state index contributed by atoms with van der Waals surface area (Å²) in [6.07, 6.45) is 1.03. The number of benzene rings is 1. The Hall–Kier alpha value is -2.24.